The molecule has 0 bridgehead atoms. The maximum Gasteiger partial charge on any atom is 0.182 e. The first-order valence-corrected chi connectivity index (χ1v) is 7.91. The number of methoxy groups -OCH3 is 2. The fourth-order valence-electron chi connectivity index (χ4n) is 2.26. The van der Waals surface area contributed by atoms with Crippen molar-refractivity contribution in [2.45, 2.75) is 0 Å². The van der Waals surface area contributed by atoms with Crippen LogP contribution in [0.4, 0.5) is 8.78 Å². The van der Waals surface area contributed by atoms with Crippen LogP contribution >= 0.6 is 0 Å². The number of benzene rings is 2. The van der Waals surface area contributed by atoms with E-state index in [2.05, 4.69) is 0 Å². The Labute approximate surface area is 155 Å². The molecule has 0 saturated heterocycles. The highest BCUT2D eigenvalue weighted by molar-refractivity contribution is 6.02. The van der Waals surface area contributed by atoms with E-state index in [1.165, 1.54) is 74.9 Å². The quantitative estimate of drug-likeness (QED) is 0.434. The Balaban J connectivity index is 2.13. The van der Waals surface area contributed by atoms with Crippen molar-refractivity contribution in [2.75, 3.05) is 14.2 Å². The number of hydrogen-bond acceptors (Lipinski definition) is 4. The Kier molecular flexibility index (Phi) is 6.88. The van der Waals surface area contributed by atoms with Crippen LogP contribution in [0, 0.1) is 11.6 Å². The number of carbonyl (C=O) groups is 1. The van der Waals surface area contributed by atoms with Crippen LogP contribution in [0.3, 0.4) is 0 Å². The van der Waals surface area contributed by atoms with Crippen LogP contribution in [0.25, 0.3) is 12.2 Å². The van der Waals surface area contributed by atoms with Gasteiger partial charge in [0, 0.05) is 17.2 Å². The minimum absolute atomic E-state index is 0.331. The van der Waals surface area contributed by atoms with Crippen molar-refractivity contribution >= 4 is 17.9 Å². The average Bonchev–Trinajstić information content (AvgIpc) is 2.65. The molecule has 0 aliphatic rings. The Bertz CT molecular complexity index is 914. The number of halogens is 2. The zero-order chi connectivity index (χ0) is 19.8. The number of hydrogen-bond donors (Lipinski definition) is 1. The molecule has 0 unspecified atom stereocenters. The van der Waals surface area contributed by atoms with Gasteiger partial charge in [0.2, 0.25) is 0 Å². The highest BCUT2D eigenvalue weighted by Gasteiger charge is 2.03. The van der Waals surface area contributed by atoms with E-state index in [1.54, 1.807) is 0 Å². The van der Waals surface area contributed by atoms with Crippen LogP contribution in [0.1, 0.15) is 11.1 Å². The predicted molar refractivity (Wildman–Crippen MR) is 99.7 cm³/mol. The van der Waals surface area contributed by atoms with E-state index in [1.807, 2.05) is 0 Å². The number of ketones is 1. The highest BCUT2D eigenvalue weighted by atomic mass is 19.1. The summed E-state index contributed by atoms with van der Waals surface area (Å²) < 4.78 is 36.8. The van der Waals surface area contributed by atoms with E-state index in [0.717, 1.165) is 6.08 Å². The van der Waals surface area contributed by atoms with Crippen LogP contribution in [0.5, 0.6) is 11.5 Å². The topological polar surface area (TPSA) is 55.8 Å². The molecule has 4 nitrogen and oxygen atoms in total. The summed E-state index contributed by atoms with van der Waals surface area (Å²) in [6.07, 6.45) is 6.19. The van der Waals surface area contributed by atoms with Gasteiger partial charge in [-0.1, -0.05) is 0 Å². The lowest BCUT2D eigenvalue weighted by molar-refractivity contribution is -0.110. The number of aliphatic hydroxyl groups excluding tert-OH is 1. The summed E-state index contributed by atoms with van der Waals surface area (Å²) in [5.41, 5.74) is 0.795. The number of allylic oxidation sites excluding steroid dienone is 3. The van der Waals surface area contributed by atoms with Crippen molar-refractivity contribution in [1.29, 1.82) is 0 Å². The lowest BCUT2D eigenvalue weighted by atomic mass is 10.1. The van der Waals surface area contributed by atoms with E-state index in [0.29, 0.717) is 22.6 Å². The second-order valence-electron chi connectivity index (χ2n) is 5.41. The van der Waals surface area contributed by atoms with Gasteiger partial charge in [0.05, 0.1) is 14.2 Å². The first-order valence-electron chi connectivity index (χ1n) is 7.91. The highest BCUT2D eigenvalue weighted by Crippen LogP contribution is 2.22. The maximum absolute atomic E-state index is 13.3. The van der Waals surface area contributed by atoms with Gasteiger partial charge in [-0.3, -0.25) is 4.79 Å². The lowest BCUT2D eigenvalue weighted by Crippen LogP contribution is -1.91. The third kappa shape index (κ3) is 5.81. The van der Waals surface area contributed by atoms with Crippen molar-refractivity contribution in [3.8, 4) is 11.5 Å². The molecule has 0 aliphatic carbocycles. The van der Waals surface area contributed by atoms with Crippen molar-refractivity contribution in [3.63, 3.8) is 0 Å². The van der Waals surface area contributed by atoms with Gasteiger partial charge in [0.15, 0.2) is 5.78 Å². The molecule has 0 aliphatic heterocycles. The molecule has 1 N–H and O–H groups in total. The molecule has 0 atom stereocenters. The SMILES string of the molecule is COc1ccc(F)cc1/C=C/C(=O)C=C(O)/C=C/c1cc(F)ccc1OC. The Morgan fingerprint density at radius 3 is 1.85 bits per heavy atom. The molecular weight excluding hydrogens is 354 g/mol. The molecular formula is C21H18F2O4. The monoisotopic (exact) mass is 372 g/mol. The van der Waals surface area contributed by atoms with Gasteiger partial charge in [0.25, 0.3) is 0 Å². The Morgan fingerprint density at radius 1 is 0.889 bits per heavy atom. The third-order valence-electron chi connectivity index (χ3n) is 3.53. The average molecular weight is 372 g/mol. The van der Waals surface area contributed by atoms with Gasteiger partial charge >= 0.3 is 0 Å². The van der Waals surface area contributed by atoms with Crippen molar-refractivity contribution < 1.29 is 28.2 Å². The van der Waals surface area contributed by atoms with Gasteiger partial charge in [-0.05, 0) is 60.7 Å². The number of ether oxygens (including phenoxy) is 2. The molecule has 27 heavy (non-hydrogen) atoms. The standard InChI is InChI=1S/C21H18F2O4/c1-26-20-9-5-16(22)11-14(20)3-7-18(24)13-19(25)8-4-15-12-17(23)6-10-21(15)27-2/h3-13,24H,1-2H3/b7-3+,8-4+,18-13?. The summed E-state index contributed by atoms with van der Waals surface area (Å²) in [7, 11) is 2.87. The first kappa shape index (κ1) is 19.9. The number of aliphatic hydroxyl groups is 1. The van der Waals surface area contributed by atoms with Crippen LogP contribution in [0.2, 0.25) is 0 Å². The van der Waals surface area contributed by atoms with Gasteiger partial charge < -0.3 is 14.6 Å². The minimum Gasteiger partial charge on any atom is -0.508 e. The zero-order valence-corrected chi connectivity index (χ0v) is 14.8. The number of carbonyl (C=O) groups excluding carboxylic acids is 1. The molecule has 2 rings (SSSR count). The molecule has 0 amide bonds. The third-order valence-corrected chi connectivity index (χ3v) is 3.53. The summed E-state index contributed by atoms with van der Waals surface area (Å²) in [6, 6.07) is 7.86. The maximum atomic E-state index is 13.3. The van der Waals surface area contributed by atoms with E-state index in [4.69, 9.17) is 9.47 Å². The summed E-state index contributed by atoms with van der Waals surface area (Å²) in [6.45, 7) is 0. The van der Waals surface area contributed by atoms with Crippen LogP contribution in [-0.4, -0.2) is 25.1 Å². The summed E-state index contributed by atoms with van der Waals surface area (Å²) in [5.74, 6) is -0.941. The Hall–Kier alpha value is -3.41. The molecule has 0 radical (unpaired) electrons. The van der Waals surface area contributed by atoms with Crippen LogP contribution in [0.15, 0.2) is 60.4 Å². The van der Waals surface area contributed by atoms with Gasteiger partial charge in [-0.2, -0.15) is 0 Å². The molecule has 0 heterocycles. The van der Waals surface area contributed by atoms with E-state index in [-0.39, 0.29) is 5.76 Å². The molecule has 2 aromatic rings. The molecule has 0 aromatic heterocycles. The second kappa shape index (κ2) is 9.33. The normalized spacial score (nSPS) is 11.9. The predicted octanol–water partition coefficient (Wildman–Crippen LogP) is 4.72. The summed E-state index contributed by atoms with van der Waals surface area (Å²) in [4.78, 5) is 11.9. The van der Waals surface area contributed by atoms with Gasteiger partial charge in [-0.15, -0.1) is 0 Å². The van der Waals surface area contributed by atoms with Crippen LogP contribution in [-0.2, 0) is 4.79 Å². The molecule has 6 heteroatoms. The first-order chi connectivity index (χ1) is 12.9. The van der Waals surface area contributed by atoms with Crippen molar-refractivity contribution in [2.24, 2.45) is 0 Å². The smallest absolute Gasteiger partial charge is 0.182 e. The van der Waals surface area contributed by atoms with Crippen molar-refractivity contribution in [3.05, 3.63) is 83.1 Å². The van der Waals surface area contributed by atoms with E-state index < -0.39 is 17.4 Å². The molecule has 0 saturated carbocycles. The fraction of sp³-hybridized carbons (Fsp3) is 0.0952. The summed E-state index contributed by atoms with van der Waals surface area (Å²) >= 11 is 0. The lowest BCUT2D eigenvalue weighted by Gasteiger charge is -2.04. The Morgan fingerprint density at radius 2 is 1.37 bits per heavy atom. The zero-order valence-electron chi connectivity index (χ0n) is 14.8. The minimum atomic E-state index is -0.519. The van der Waals surface area contributed by atoms with Gasteiger partial charge in [-0.25, -0.2) is 8.78 Å². The molecule has 140 valence electrons. The van der Waals surface area contributed by atoms with Crippen molar-refractivity contribution in [1.82, 2.24) is 0 Å². The fourth-order valence-corrected chi connectivity index (χ4v) is 2.26. The second-order valence-corrected chi connectivity index (χ2v) is 5.41. The summed E-state index contributed by atoms with van der Waals surface area (Å²) in [5, 5.41) is 9.86. The van der Waals surface area contributed by atoms with Crippen LogP contribution < -0.4 is 9.47 Å². The largest absolute Gasteiger partial charge is 0.508 e. The molecule has 2 aromatic carbocycles. The number of rotatable bonds is 7. The van der Waals surface area contributed by atoms with Gasteiger partial charge in [0.1, 0.15) is 28.9 Å². The van der Waals surface area contributed by atoms with E-state index in [9.17, 15) is 18.7 Å². The van der Waals surface area contributed by atoms with E-state index >= 15 is 0 Å². The molecule has 0 spiro atoms. The molecule has 0 fully saturated rings.